The van der Waals surface area contributed by atoms with E-state index >= 15 is 0 Å². The van der Waals surface area contributed by atoms with Gasteiger partial charge in [-0.05, 0) is 58.2 Å². The molecule has 1 fully saturated rings. The summed E-state index contributed by atoms with van der Waals surface area (Å²) in [5.41, 5.74) is 0. The number of hydrogen-bond acceptors (Lipinski definition) is 2. The molecule has 0 bridgehead atoms. The van der Waals surface area contributed by atoms with Crippen molar-refractivity contribution >= 4 is 0 Å². The maximum atomic E-state index is 3.76. The molecule has 1 saturated carbocycles. The summed E-state index contributed by atoms with van der Waals surface area (Å²) in [5, 5.41) is 3.76. The van der Waals surface area contributed by atoms with E-state index in [9.17, 15) is 0 Å². The minimum absolute atomic E-state index is 0.769. The van der Waals surface area contributed by atoms with Crippen LogP contribution in [0.2, 0.25) is 0 Å². The summed E-state index contributed by atoms with van der Waals surface area (Å²) >= 11 is 0. The van der Waals surface area contributed by atoms with E-state index in [0.29, 0.717) is 0 Å². The molecule has 2 nitrogen and oxygen atoms in total. The Morgan fingerprint density at radius 2 is 1.88 bits per heavy atom. The van der Waals surface area contributed by atoms with E-state index < -0.39 is 0 Å². The van der Waals surface area contributed by atoms with Crippen molar-refractivity contribution < 1.29 is 0 Å². The SMILES string of the molecule is CCCNC1CCC(CCC)CC1CN(C)C. The fourth-order valence-corrected chi connectivity index (χ4v) is 3.30. The largest absolute Gasteiger partial charge is 0.314 e. The Hall–Kier alpha value is -0.0800. The van der Waals surface area contributed by atoms with Crippen LogP contribution in [0.4, 0.5) is 0 Å². The molecule has 0 radical (unpaired) electrons. The van der Waals surface area contributed by atoms with Crippen molar-refractivity contribution in [1.82, 2.24) is 10.2 Å². The van der Waals surface area contributed by atoms with E-state index in [1.54, 1.807) is 0 Å². The number of nitrogens with one attached hydrogen (secondary N) is 1. The molecule has 0 aromatic rings. The van der Waals surface area contributed by atoms with Crippen LogP contribution in [-0.2, 0) is 0 Å². The number of nitrogens with zero attached hydrogens (tertiary/aromatic N) is 1. The molecule has 1 aliphatic carbocycles. The summed E-state index contributed by atoms with van der Waals surface area (Å²) in [4.78, 5) is 2.36. The van der Waals surface area contributed by atoms with E-state index in [-0.39, 0.29) is 0 Å². The van der Waals surface area contributed by atoms with Gasteiger partial charge in [-0.3, -0.25) is 0 Å². The lowest BCUT2D eigenvalue weighted by atomic mass is 9.76. The number of rotatable bonds is 7. The van der Waals surface area contributed by atoms with Crippen molar-refractivity contribution in [3.63, 3.8) is 0 Å². The van der Waals surface area contributed by atoms with Crippen molar-refractivity contribution in [1.29, 1.82) is 0 Å². The van der Waals surface area contributed by atoms with Crippen molar-refractivity contribution in [3.8, 4) is 0 Å². The van der Waals surface area contributed by atoms with Crippen molar-refractivity contribution in [3.05, 3.63) is 0 Å². The van der Waals surface area contributed by atoms with Gasteiger partial charge in [-0.1, -0.05) is 26.7 Å². The highest BCUT2D eigenvalue weighted by Crippen LogP contribution is 2.32. The van der Waals surface area contributed by atoms with Crippen LogP contribution in [0.3, 0.4) is 0 Å². The molecule has 0 spiro atoms. The first kappa shape index (κ1) is 15.0. The quantitative estimate of drug-likeness (QED) is 0.735. The molecule has 1 rings (SSSR count). The molecule has 0 saturated heterocycles. The summed E-state index contributed by atoms with van der Waals surface area (Å²) in [6.07, 6.45) is 8.32. The third kappa shape index (κ3) is 5.39. The fourth-order valence-electron chi connectivity index (χ4n) is 3.30. The van der Waals surface area contributed by atoms with Gasteiger partial charge in [0.25, 0.3) is 0 Å². The normalized spacial score (nSPS) is 29.8. The van der Waals surface area contributed by atoms with Gasteiger partial charge in [-0.25, -0.2) is 0 Å². The van der Waals surface area contributed by atoms with E-state index in [0.717, 1.165) is 17.9 Å². The van der Waals surface area contributed by atoms with E-state index in [1.807, 2.05) is 0 Å². The van der Waals surface area contributed by atoms with Crippen molar-refractivity contribution in [2.24, 2.45) is 11.8 Å². The zero-order valence-electron chi connectivity index (χ0n) is 12.3. The van der Waals surface area contributed by atoms with E-state index in [2.05, 4.69) is 38.2 Å². The minimum atomic E-state index is 0.769. The van der Waals surface area contributed by atoms with Crippen LogP contribution in [0.5, 0.6) is 0 Å². The van der Waals surface area contributed by atoms with Gasteiger partial charge in [-0.2, -0.15) is 0 Å². The highest BCUT2D eigenvalue weighted by molar-refractivity contribution is 4.85. The summed E-state index contributed by atoms with van der Waals surface area (Å²) in [7, 11) is 4.42. The smallest absolute Gasteiger partial charge is 0.0108 e. The molecule has 0 aromatic carbocycles. The summed E-state index contributed by atoms with van der Waals surface area (Å²) in [6, 6.07) is 0.769. The Morgan fingerprint density at radius 1 is 1.12 bits per heavy atom. The first-order chi connectivity index (χ1) is 8.17. The molecule has 1 aliphatic rings. The Labute approximate surface area is 108 Å². The molecule has 0 heterocycles. The Balaban J connectivity index is 2.46. The second-order valence-electron chi connectivity index (χ2n) is 6.05. The zero-order valence-corrected chi connectivity index (χ0v) is 12.3. The monoisotopic (exact) mass is 240 g/mol. The molecular weight excluding hydrogens is 208 g/mol. The van der Waals surface area contributed by atoms with Crippen molar-refractivity contribution in [2.75, 3.05) is 27.2 Å². The third-order valence-corrected chi connectivity index (χ3v) is 4.04. The average Bonchev–Trinajstić information content (AvgIpc) is 2.28. The maximum Gasteiger partial charge on any atom is 0.0108 e. The van der Waals surface area contributed by atoms with Gasteiger partial charge in [0.2, 0.25) is 0 Å². The lowest BCUT2D eigenvalue weighted by Gasteiger charge is -2.38. The molecule has 3 atom stereocenters. The Bertz CT molecular complexity index is 191. The molecule has 102 valence electrons. The predicted molar refractivity (Wildman–Crippen MR) is 76.4 cm³/mol. The zero-order chi connectivity index (χ0) is 12.7. The molecule has 3 unspecified atom stereocenters. The van der Waals surface area contributed by atoms with Crippen LogP contribution in [-0.4, -0.2) is 38.1 Å². The van der Waals surface area contributed by atoms with Crippen LogP contribution in [0, 0.1) is 11.8 Å². The highest BCUT2D eigenvalue weighted by atomic mass is 15.1. The first-order valence-corrected chi connectivity index (χ1v) is 7.55. The van der Waals surface area contributed by atoms with Crippen molar-refractivity contribution in [2.45, 2.75) is 58.4 Å². The van der Waals surface area contributed by atoms with Gasteiger partial charge in [0.15, 0.2) is 0 Å². The summed E-state index contributed by atoms with van der Waals surface area (Å²) in [5.74, 6) is 1.85. The van der Waals surface area contributed by atoms with Gasteiger partial charge >= 0.3 is 0 Å². The second-order valence-corrected chi connectivity index (χ2v) is 6.05. The standard InChI is InChI=1S/C15H32N2/c1-5-7-13-8-9-15(16-10-6-2)14(11-13)12-17(3)4/h13-16H,5-12H2,1-4H3. The number of hydrogen-bond donors (Lipinski definition) is 1. The van der Waals surface area contributed by atoms with Crippen LogP contribution < -0.4 is 5.32 Å². The summed E-state index contributed by atoms with van der Waals surface area (Å²) in [6.45, 7) is 7.02. The molecular formula is C15H32N2. The van der Waals surface area contributed by atoms with Crippen LogP contribution in [0.15, 0.2) is 0 Å². The van der Waals surface area contributed by atoms with E-state index in [1.165, 1.54) is 51.6 Å². The predicted octanol–water partition coefficient (Wildman–Crippen LogP) is 3.13. The topological polar surface area (TPSA) is 15.3 Å². The Kier molecular flexibility index (Phi) is 7.14. The Morgan fingerprint density at radius 3 is 2.47 bits per heavy atom. The fraction of sp³-hybridized carbons (Fsp3) is 1.00. The third-order valence-electron chi connectivity index (χ3n) is 4.04. The first-order valence-electron chi connectivity index (χ1n) is 7.55. The van der Waals surface area contributed by atoms with Gasteiger partial charge in [0.05, 0.1) is 0 Å². The molecule has 1 N–H and O–H groups in total. The molecule has 0 amide bonds. The average molecular weight is 240 g/mol. The van der Waals surface area contributed by atoms with Gasteiger partial charge in [-0.15, -0.1) is 0 Å². The lowest BCUT2D eigenvalue weighted by molar-refractivity contribution is 0.160. The second kappa shape index (κ2) is 8.10. The van der Waals surface area contributed by atoms with E-state index in [4.69, 9.17) is 0 Å². The summed E-state index contributed by atoms with van der Waals surface area (Å²) < 4.78 is 0. The molecule has 0 aromatic heterocycles. The maximum absolute atomic E-state index is 3.76. The highest BCUT2D eigenvalue weighted by Gasteiger charge is 2.29. The van der Waals surface area contributed by atoms with Crippen LogP contribution in [0.1, 0.15) is 52.4 Å². The lowest BCUT2D eigenvalue weighted by Crippen LogP contribution is -2.44. The van der Waals surface area contributed by atoms with Crippen LogP contribution in [0.25, 0.3) is 0 Å². The molecule has 2 heteroatoms. The van der Waals surface area contributed by atoms with Gasteiger partial charge < -0.3 is 10.2 Å². The minimum Gasteiger partial charge on any atom is -0.314 e. The van der Waals surface area contributed by atoms with Gasteiger partial charge in [0.1, 0.15) is 0 Å². The molecule has 0 aliphatic heterocycles. The molecule has 17 heavy (non-hydrogen) atoms. The van der Waals surface area contributed by atoms with Crippen LogP contribution >= 0.6 is 0 Å². The van der Waals surface area contributed by atoms with Gasteiger partial charge in [0, 0.05) is 12.6 Å².